The van der Waals surface area contributed by atoms with E-state index in [9.17, 15) is 4.79 Å². The summed E-state index contributed by atoms with van der Waals surface area (Å²) in [5.74, 6) is 0.0356. The van der Waals surface area contributed by atoms with Crippen molar-refractivity contribution < 1.29 is 9.53 Å². The molecule has 0 radical (unpaired) electrons. The number of carbonyl (C=O) groups is 1. The predicted octanol–water partition coefficient (Wildman–Crippen LogP) is 2.06. The number of nitrogens with two attached hydrogens (primary N) is 1. The van der Waals surface area contributed by atoms with Gasteiger partial charge in [-0.1, -0.05) is 17.7 Å². The predicted molar refractivity (Wildman–Crippen MR) is 62.1 cm³/mol. The molecule has 0 fully saturated rings. The third-order valence-corrected chi connectivity index (χ3v) is 3.15. The minimum Gasteiger partial charge on any atom is -0.468 e. The van der Waals surface area contributed by atoms with Gasteiger partial charge >= 0.3 is 5.97 Å². The normalized spacial score (nSPS) is 10.1. The number of methoxy groups -OCH3 is 1. The first-order valence-electron chi connectivity index (χ1n) is 4.35. The summed E-state index contributed by atoms with van der Waals surface area (Å²) < 4.78 is 4.53. The van der Waals surface area contributed by atoms with Crippen LogP contribution in [0.4, 0.5) is 0 Å². The summed E-state index contributed by atoms with van der Waals surface area (Å²) in [7, 11) is 1.37. The van der Waals surface area contributed by atoms with E-state index in [1.54, 1.807) is 6.07 Å². The van der Waals surface area contributed by atoms with Gasteiger partial charge in [-0.3, -0.25) is 4.79 Å². The van der Waals surface area contributed by atoms with Crippen LogP contribution in [0.25, 0.3) is 0 Å². The van der Waals surface area contributed by atoms with E-state index in [1.807, 2.05) is 12.1 Å². The van der Waals surface area contributed by atoms with Gasteiger partial charge in [0.1, 0.15) is 0 Å². The van der Waals surface area contributed by atoms with Gasteiger partial charge in [-0.15, -0.1) is 11.8 Å². The van der Waals surface area contributed by atoms with Crippen LogP contribution in [0.3, 0.4) is 0 Å². The van der Waals surface area contributed by atoms with Crippen LogP contribution in [0.5, 0.6) is 0 Å². The Labute approximate surface area is 97.9 Å². The maximum atomic E-state index is 10.9. The molecule has 0 unspecified atom stereocenters. The Balaban J connectivity index is 2.63. The molecule has 1 aromatic carbocycles. The molecular formula is C10H12ClNO2S. The number of hydrogen-bond donors (Lipinski definition) is 1. The summed E-state index contributed by atoms with van der Waals surface area (Å²) in [5.41, 5.74) is 6.38. The molecule has 0 heterocycles. The first kappa shape index (κ1) is 12.4. The average molecular weight is 246 g/mol. The number of thioether (sulfide) groups is 1. The Kier molecular flexibility index (Phi) is 4.94. The lowest BCUT2D eigenvalue weighted by atomic mass is 10.2. The van der Waals surface area contributed by atoms with Crippen molar-refractivity contribution in [3.05, 3.63) is 28.8 Å². The SMILES string of the molecule is COC(=O)CSc1ccc(CN)c(Cl)c1. The van der Waals surface area contributed by atoms with E-state index in [0.717, 1.165) is 10.5 Å². The van der Waals surface area contributed by atoms with Crippen LogP contribution in [0.15, 0.2) is 23.1 Å². The molecule has 3 nitrogen and oxygen atoms in total. The van der Waals surface area contributed by atoms with Crippen molar-refractivity contribution in [2.45, 2.75) is 11.4 Å². The molecule has 0 spiro atoms. The van der Waals surface area contributed by atoms with Gasteiger partial charge < -0.3 is 10.5 Å². The van der Waals surface area contributed by atoms with Crippen molar-refractivity contribution in [1.29, 1.82) is 0 Å². The monoisotopic (exact) mass is 245 g/mol. The third-order valence-electron chi connectivity index (χ3n) is 1.83. The number of hydrogen-bond acceptors (Lipinski definition) is 4. The lowest BCUT2D eigenvalue weighted by Crippen LogP contribution is -2.03. The number of halogens is 1. The van der Waals surface area contributed by atoms with Gasteiger partial charge in [-0.05, 0) is 17.7 Å². The van der Waals surface area contributed by atoms with Gasteiger partial charge in [0.05, 0.1) is 12.9 Å². The fraction of sp³-hybridized carbons (Fsp3) is 0.300. The number of benzene rings is 1. The highest BCUT2D eigenvalue weighted by molar-refractivity contribution is 8.00. The molecule has 1 aromatic rings. The second-order valence-electron chi connectivity index (χ2n) is 2.82. The Morgan fingerprint density at radius 3 is 2.87 bits per heavy atom. The van der Waals surface area contributed by atoms with E-state index in [1.165, 1.54) is 18.9 Å². The molecule has 5 heteroatoms. The van der Waals surface area contributed by atoms with Crippen LogP contribution in [-0.4, -0.2) is 18.8 Å². The highest BCUT2D eigenvalue weighted by Crippen LogP contribution is 2.24. The first-order chi connectivity index (χ1) is 7.17. The van der Waals surface area contributed by atoms with Crippen LogP contribution in [-0.2, 0) is 16.1 Å². The van der Waals surface area contributed by atoms with Crippen molar-refractivity contribution in [3.8, 4) is 0 Å². The summed E-state index contributed by atoms with van der Waals surface area (Å²) in [5, 5.41) is 0.632. The lowest BCUT2D eigenvalue weighted by Gasteiger charge is -2.04. The van der Waals surface area contributed by atoms with Gasteiger partial charge in [0, 0.05) is 16.5 Å². The number of ether oxygens (including phenoxy) is 1. The molecule has 15 heavy (non-hydrogen) atoms. The highest BCUT2D eigenvalue weighted by atomic mass is 35.5. The van der Waals surface area contributed by atoms with E-state index in [2.05, 4.69) is 4.74 Å². The van der Waals surface area contributed by atoms with Crippen molar-refractivity contribution in [3.63, 3.8) is 0 Å². The van der Waals surface area contributed by atoms with Crippen LogP contribution >= 0.6 is 23.4 Å². The zero-order chi connectivity index (χ0) is 11.3. The summed E-state index contributed by atoms with van der Waals surface area (Å²) in [4.78, 5) is 11.8. The average Bonchev–Trinajstić information content (AvgIpc) is 2.26. The standard InChI is InChI=1S/C10H12ClNO2S/c1-14-10(13)6-15-8-3-2-7(5-12)9(11)4-8/h2-4H,5-6,12H2,1H3. The van der Waals surface area contributed by atoms with E-state index < -0.39 is 0 Å². The van der Waals surface area contributed by atoms with Gasteiger partial charge in [-0.25, -0.2) is 0 Å². The first-order valence-corrected chi connectivity index (χ1v) is 5.72. The zero-order valence-corrected chi connectivity index (χ0v) is 9.90. The van der Waals surface area contributed by atoms with Crippen molar-refractivity contribution in [2.24, 2.45) is 5.73 Å². The molecule has 0 aliphatic carbocycles. The smallest absolute Gasteiger partial charge is 0.315 e. The lowest BCUT2D eigenvalue weighted by molar-refractivity contribution is -0.137. The minimum absolute atomic E-state index is 0.251. The Morgan fingerprint density at radius 1 is 1.60 bits per heavy atom. The third kappa shape index (κ3) is 3.74. The maximum Gasteiger partial charge on any atom is 0.315 e. The molecule has 0 bridgehead atoms. The van der Waals surface area contributed by atoms with Crippen LogP contribution in [0.1, 0.15) is 5.56 Å². The highest BCUT2D eigenvalue weighted by Gasteiger charge is 2.04. The Hall–Kier alpha value is -0.710. The number of rotatable bonds is 4. The second-order valence-corrected chi connectivity index (χ2v) is 4.28. The fourth-order valence-electron chi connectivity index (χ4n) is 0.985. The molecule has 0 aliphatic heterocycles. The van der Waals surface area contributed by atoms with Crippen LogP contribution in [0.2, 0.25) is 5.02 Å². The molecule has 0 aliphatic rings. The molecule has 0 aromatic heterocycles. The fourth-order valence-corrected chi connectivity index (χ4v) is 2.07. The van der Waals surface area contributed by atoms with Gasteiger partial charge in [0.25, 0.3) is 0 Å². The van der Waals surface area contributed by atoms with Gasteiger partial charge in [0.2, 0.25) is 0 Å². The van der Waals surface area contributed by atoms with Crippen molar-refractivity contribution in [1.82, 2.24) is 0 Å². The van der Waals surface area contributed by atoms with E-state index in [0.29, 0.717) is 11.6 Å². The molecule has 0 amide bonds. The van der Waals surface area contributed by atoms with Crippen LogP contribution in [0, 0.1) is 0 Å². The van der Waals surface area contributed by atoms with Crippen molar-refractivity contribution >= 4 is 29.3 Å². The number of esters is 1. The molecule has 0 saturated carbocycles. The summed E-state index contributed by atoms with van der Waals surface area (Å²) in [6.07, 6.45) is 0. The molecular weight excluding hydrogens is 234 g/mol. The summed E-state index contributed by atoms with van der Waals surface area (Å²) >= 11 is 7.36. The second kappa shape index (κ2) is 6.00. The zero-order valence-electron chi connectivity index (χ0n) is 8.33. The molecule has 0 atom stereocenters. The largest absolute Gasteiger partial charge is 0.468 e. The number of carbonyl (C=O) groups excluding carboxylic acids is 1. The molecule has 2 N–H and O–H groups in total. The quantitative estimate of drug-likeness (QED) is 0.652. The molecule has 0 saturated heterocycles. The molecule has 82 valence electrons. The van der Waals surface area contributed by atoms with Gasteiger partial charge in [-0.2, -0.15) is 0 Å². The Bertz CT molecular complexity index is 357. The van der Waals surface area contributed by atoms with Crippen molar-refractivity contribution in [2.75, 3.05) is 12.9 Å². The summed E-state index contributed by atoms with van der Waals surface area (Å²) in [6, 6.07) is 5.56. The minimum atomic E-state index is -0.251. The van der Waals surface area contributed by atoms with Gasteiger partial charge in [0.15, 0.2) is 0 Å². The van der Waals surface area contributed by atoms with Crippen LogP contribution < -0.4 is 5.73 Å². The van der Waals surface area contributed by atoms with E-state index in [4.69, 9.17) is 17.3 Å². The molecule has 1 rings (SSSR count). The Morgan fingerprint density at radius 2 is 2.33 bits per heavy atom. The van der Waals surface area contributed by atoms with E-state index in [-0.39, 0.29) is 11.7 Å². The summed E-state index contributed by atoms with van der Waals surface area (Å²) in [6.45, 7) is 0.417. The topological polar surface area (TPSA) is 52.3 Å². The van der Waals surface area contributed by atoms with E-state index >= 15 is 0 Å². The maximum absolute atomic E-state index is 10.9.